The van der Waals surface area contributed by atoms with Crippen LogP contribution in [0.4, 0.5) is 5.13 Å². The van der Waals surface area contributed by atoms with E-state index in [1.54, 1.807) is 6.07 Å². The highest BCUT2D eigenvalue weighted by molar-refractivity contribution is 7.13. The van der Waals surface area contributed by atoms with Crippen LogP contribution in [0.1, 0.15) is 26.5 Å². The van der Waals surface area contributed by atoms with Crippen LogP contribution in [0.15, 0.2) is 64.8 Å². The van der Waals surface area contributed by atoms with Crippen LogP contribution >= 0.6 is 11.3 Å². The monoisotopic (exact) mass is 418 g/mol. The van der Waals surface area contributed by atoms with E-state index in [1.807, 2.05) is 47.8 Å². The van der Waals surface area contributed by atoms with Crippen LogP contribution in [-0.2, 0) is 16.8 Å². The van der Waals surface area contributed by atoms with Gasteiger partial charge in [0.2, 0.25) is 5.91 Å². The first-order valence-electron chi connectivity index (χ1n) is 9.63. The Balaban J connectivity index is 1.55. The minimum absolute atomic E-state index is 0.0911. The fraction of sp³-hybridized carbons (Fsp3) is 0.217. The molecule has 2 aromatic heterocycles. The molecule has 0 aliphatic carbocycles. The number of anilines is 1. The molecule has 2 aromatic carbocycles. The van der Waals surface area contributed by atoms with E-state index < -0.39 is 0 Å². The van der Waals surface area contributed by atoms with E-state index >= 15 is 0 Å². The van der Waals surface area contributed by atoms with E-state index in [2.05, 4.69) is 36.2 Å². The molecule has 0 unspecified atom stereocenters. The number of benzene rings is 2. The molecule has 0 saturated carbocycles. The smallest absolute Gasteiger partial charge is 0.267 e. The molecule has 0 atom stereocenters. The molecule has 7 heteroatoms. The Labute approximate surface area is 178 Å². The Kier molecular flexibility index (Phi) is 5.22. The van der Waals surface area contributed by atoms with Crippen molar-refractivity contribution in [1.82, 2.24) is 14.8 Å². The van der Waals surface area contributed by atoms with E-state index in [0.717, 1.165) is 22.0 Å². The topological polar surface area (TPSA) is 76.9 Å². The maximum absolute atomic E-state index is 12.5. The second-order valence-corrected chi connectivity index (χ2v) is 8.97. The summed E-state index contributed by atoms with van der Waals surface area (Å²) in [6.45, 7) is 6.02. The van der Waals surface area contributed by atoms with Crippen LogP contribution in [0, 0.1) is 0 Å². The fourth-order valence-corrected chi connectivity index (χ4v) is 3.99. The first-order valence-corrected chi connectivity index (χ1v) is 10.5. The zero-order valence-corrected chi connectivity index (χ0v) is 17.9. The molecule has 1 amide bonds. The van der Waals surface area contributed by atoms with Gasteiger partial charge in [-0.2, -0.15) is 5.10 Å². The molecule has 0 spiro atoms. The lowest BCUT2D eigenvalue weighted by Gasteiger charge is -2.14. The van der Waals surface area contributed by atoms with E-state index in [9.17, 15) is 9.59 Å². The first-order chi connectivity index (χ1) is 14.3. The Morgan fingerprint density at radius 2 is 1.83 bits per heavy atom. The third kappa shape index (κ3) is 4.31. The summed E-state index contributed by atoms with van der Waals surface area (Å²) in [5.41, 5.74) is 2.02. The molecule has 1 N–H and O–H groups in total. The Morgan fingerprint density at radius 3 is 2.57 bits per heavy atom. The van der Waals surface area contributed by atoms with Gasteiger partial charge in [-0.3, -0.25) is 9.59 Å². The minimum Gasteiger partial charge on any atom is -0.300 e. The van der Waals surface area contributed by atoms with Gasteiger partial charge in [0, 0.05) is 22.4 Å². The van der Waals surface area contributed by atoms with Gasteiger partial charge in [-0.15, -0.1) is 11.3 Å². The van der Waals surface area contributed by atoms with Crippen LogP contribution in [-0.4, -0.2) is 20.7 Å². The molecule has 0 radical (unpaired) electrons. The maximum Gasteiger partial charge on any atom is 0.267 e. The first kappa shape index (κ1) is 20.0. The minimum atomic E-state index is -0.338. The molecule has 152 valence electrons. The van der Waals surface area contributed by atoms with Gasteiger partial charge in [0.1, 0.15) is 6.54 Å². The number of amides is 1. The van der Waals surface area contributed by atoms with Gasteiger partial charge in [0.15, 0.2) is 5.13 Å². The van der Waals surface area contributed by atoms with Crippen molar-refractivity contribution >= 4 is 33.1 Å². The van der Waals surface area contributed by atoms with Crippen molar-refractivity contribution < 1.29 is 4.79 Å². The van der Waals surface area contributed by atoms with Crippen LogP contribution in [0.2, 0.25) is 0 Å². The molecule has 4 rings (SSSR count). The van der Waals surface area contributed by atoms with Gasteiger partial charge in [-0.05, 0) is 22.9 Å². The summed E-state index contributed by atoms with van der Waals surface area (Å²) in [7, 11) is 0. The highest BCUT2D eigenvalue weighted by Crippen LogP contribution is 2.26. The number of carbonyl (C=O) groups is 1. The molecular formula is C23H22N4O2S. The molecule has 6 nitrogen and oxygen atoms in total. The summed E-state index contributed by atoms with van der Waals surface area (Å²) in [5, 5.41) is 11.8. The lowest BCUT2D eigenvalue weighted by molar-refractivity contribution is -0.117. The average Bonchev–Trinajstić information content (AvgIpc) is 3.18. The predicted molar refractivity (Wildman–Crippen MR) is 121 cm³/mol. The number of rotatable bonds is 4. The van der Waals surface area contributed by atoms with Crippen LogP contribution < -0.4 is 10.9 Å². The number of hydrogen-bond donors (Lipinski definition) is 1. The standard InChI is InChI=1S/C23H22N4O2S/c1-23(2,3)19-14-30-22(24-19)25-20(28)13-27-21(29)11-10-18(26-27)17-9-8-15-6-4-5-7-16(15)12-17/h4-12,14H,13H2,1-3H3,(H,24,25,28). The van der Waals surface area contributed by atoms with Gasteiger partial charge in [0.05, 0.1) is 11.4 Å². The normalized spacial score (nSPS) is 11.6. The number of nitrogens with zero attached hydrogens (tertiary/aromatic N) is 3. The lowest BCUT2D eigenvalue weighted by atomic mass is 9.93. The van der Waals surface area contributed by atoms with Crippen molar-refractivity contribution in [1.29, 1.82) is 0 Å². The van der Waals surface area contributed by atoms with Crippen LogP contribution in [0.3, 0.4) is 0 Å². The SMILES string of the molecule is CC(C)(C)c1csc(NC(=O)Cn2nc(-c3ccc4ccccc4c3)ccc2=O)n1. The summed E-state index contributed by atoms with van der Waals surface area (Å²) < 4.78 is 1.18. The molecule has 4 aromatic rings. The number of fused-ring (bicyclic) bond motifs is 1. The Hall–Kier alpha value is -3.32. The highest BCUT2D eigenvalue weighted by Gasteiger charge is 2.18. The summed E-state index contributed by atoms with van der Waals surface area (Å²) in [5.74, 6) is -0.338. The second-order valence-electron chi connectivity index (χ2n) is 8.11. The van der Waals surface area contributed by atoms with Gasteiger partial charge in [-0.1, -0.05) is 57.2 Å². The van der Waals surface area contributed by atoms with Crippen molar-refractivity contribution in [2.45, 2.75) is 32.7 Å². The van der Waals surface area contributed by atoms with Crippen molar-refractivity contribution in [2.24, 2.45) is 0 Å². The van der Waals surface area contributed by atoms with Crippen molar-refractivity contribution in [3.05, 3.63) is 76.0 Å². The van der Waals surface area contributed by atoms with Gasteiger partial charge in [0.25, 0.3) is 5.56 Å². The summed E-state index contributed by atoms with van der Waals surface area (Å²) >= 11 is 1.37. The van der Waals surface area contributed by atoms with Crippen molar-refractivity contribution in [3.63, 3.8) is 0 Å². The molecule has 0 saturated heterocycles. The largest absolute Gasteiger partial charge is 0.300 e. The lowest BCUT2D eigenvalue weighted by Crippen LogP contribution is -2.29. The van der Waals surface area contributed by atoms with E-state index in [4.69, 9.17) is 0 Å². The Bertz CT molecular complexity index is 1280. The zero-order valence-electron chi connectivity index (χ0n) is 17.0. The molecule has 2 heterocycles. The number of hydrogen-bond acceptors (Lipinski definition) is 5. The molecule has 0 aliphatic heterocycles. The second kappa shape index (κ2) is 7.84. The Morgan fingerprint density at radius 1 is 1.07 bits per heavy atom. The van der Waals surface area contributed by atoms with E-state index in [-0.39, 0.29) is 23.4 Å². The van der Waals surface area contributed by atoms with Crippen molar-refractivity contribution in [3.8, 4) is 11.3 Å². The van der Waals surface area contributed by atoms with Gasteiger partial charge in [-0.25, -0.2) is 9.67 Å². The highest BCUT2D eigenvalue weighted by atomic mass is 32.1. The van der Waals surface area contributed by atoms with E-state index in [0.29, 0.717) is 10.8 Å². The molecule has 0 bridgehead atoms. The van der Waals surface area contributed by atoms with Crippen molar-refractivity contribution in [2.75, 3.05) is 5.32 Å². The third-order valence-electron chi connectivity index (χ3n) is 4.72. The molecular weight excluding hydrogens is 396 g/mol. The number of thiazole rings is 1. The van der Waals surface area contributed by atoms with Gasteiger partial charge < -0.3 is 5.32 Å². The number of nitrogens with one attached hydrogen (secondary N) is 1. The summed E-state index contributed by atoms with van der Waals surface area (Å²) in [6, 6.07) is 17.2. The maximum atomic E-state index is 12.5. The van der Waals surface area contributed by atoms with Crippen LogP contribution in [0.25, 0.3) is 22.0 Å². The van der Waals surface area contributed by atoms with Gasteiger partial charge >= 0.3 is 0 Å². The average molecular weight is 419 g/mol. The summed E-state index contributed by atoms with van der Waals surface area (Å²) in [4.78, 5) is 29.2. The number of aromatic nitrogens is 3. The third-order valence-corrected chi connectivity index (χ3v) is 5.48. The molecule has 30 heavy (non-hydrogen) atoms. The molecule has 0 aliphatic rings. The molecule has 0 fully saturated rings. The van der Waals surface area contributed by atoms with Crippen LogP contribution in [0.5, 0.6) is 0 Å². The quantitative estimate of drug-likeness (QED) is 0.531. The van der Waals surface area contributed by atoms with E-state index in [1.165, 1.54) is 22.1 Å². The summed E-state index contributed by atoms with van der Waals surface area (Å²) in [6.07, 6.45) is 0. The zero-order chi connectivity index (χ0) is 21.3. The predicted octanol–water partition coefficient (Wildman–Crippen LogP) is 4.46. The number of carbonyl (C=O) groups excluding carboxylic acids is 1. The fourth-order valence-electron chi connectivity index (χ4n) is 3.04.